The molecule has 4 aromatic carbocycles. The van der Waals surface area contributed by atoms with Crippen molar-refractivity contribution in [3.05, 3.63) is 155 Å². The van der Waals surface area contributed by atoms with E-state index in [-0.39, 0.29) is 30.8 Å². The van der Waals surface area contributed by atoms with Crippen LogP contribution >= 0.6 is 11.8 Å². The third-order valence-corrected chi connectivity index (χ3v) is 9.36. The number of thioether (sulfide) groups is 1. The van der Waals surface area contributed by atoms with E-state index in [1.165, 1.54) is 0 Å². The lowest BCUT2D eigenvalue weighted by Gasteiger charge is -2.41. The number of aromatic nitrogens is 1. The number of nitrogens with one attached hydrogen (secondary N) is 2. The number of benzene rings is 4. The minimum absolute atomic E-state index is 0.00193. The van der Waals surface area contributed by atoms with Crippen LogP contribution in [0.15, 0.2) is 133 Å². The van der Waals surface area contributed by atoms with Crippen LogP contribution in [0.3, 0.4) is 0 Å². The predicted octanol–water partition coefficient (Wildman–Crippen LogP) is 7.82. The molecule has 1 saturated heterocycles. The Labute approximate surface area is 280 Å². The molecule has 0 spiro atoms. The fourth-order valence-electron chi connectivity index (χ4n) is 5.66. The van der Waals surface area contributed by atoms with E-state index >= 15 is 0 Å². The van der Waals surface area contributed by atoms with Crippen molar-refractivity contribution in [2.24, 2.45) is 5.92 Å². The highest BCUT2D eigenvalue weighted by molar-refractivity contribution is 7.99. The summed E-state index contributed by atoms with van der Waals surface area (Å²) >= 11 is 1.68. The highest BCUT2D eigenvalue weighted by Crippen LogP contribution is 2.43. The first-order chi connectivity index (χ1) is 23.1. The molecule has 1 aliphatic heterocycles. The molecule has 0 aliphatic carbocycles. The number of carbonyl (C=O) groups is 1. The molecule has 2 heterocycles. The highest BCUT2D eigenvalue weighted by atomic mass is 32.2. The summed E-state index contributed by atoms with van der Waals surface area (Å²) in [5.74, 6) is 0.816. The summed E-state index contributed by atoms with van der Waals surface area (Å²) in [7, 11) is 0. The van der Waals surface area contributed by atoms with E-state index in [2.05, 4.69) is 46.8 Å². The first kappa shape index (κ1) is 32.5. The zero-order valence-corrected chi connectivity index (χ0v) is 27.1. The number of hydrogen-bond acceptors (Lipinski definition) is 6. The molecule has 6 rings (SSSR count). The van der Waals surface area contributed by atoms with E-state index in [0.717, 1.165) is 49.7 Å². The van der Waals surface area contributed by atoms with Crippen molar-refractivity contribution in [1.29, 1.82) is 0 Å². The van der Waals surface area contributed by atoms with Crippen molar-refractivity contribution in [2.45, 2.75) is 50.1 Å². The molecule has 0 saturated carbocycles. The van der Waals surface area contributed by atoms with Gasteiger partial charge in [0.15, 0.2) is 6.29 Å². The van der Waals surface area contributed by atoms with E-state index in [0.29, 0.717) is 13.1 Å². The SMILES string of the molecule is C[C@@H]1[C@H](CSc2ccccn2)O[C@H](c2cccc(-c3cccc(CNC(=O)NCc4ccccc4)c3)c2)O[C@@H]1c1ccc(CO)cc1. The van der Waals surface area contributed by atoms with Crippen LogP contribution in [0, 0.1) is 5.92 Å². The molecule has 7 nitrogen and oxygen atoms in total. The summed E-state index contributed by atoms with van der Waals surface area (Å²) in [4.78, 5) is 16.9. The van der Waals surface area contributed by atoms with Gasteiger partial charge in [-0.15, -0.1) is 11.8 Å². The standard InChI is InChI=1S/C39H39N3O4S/c1-27-35(26-47-36-15-5-6-20-40-36)45-38(46-37(27)31-18-16-29(25-43)17-19-31)34-14-8-13-33(22-34)32-12-7-11-30(21-32)24-42-39(44)41-23-28-9-3-2-4-10-28/h2-22,27,35,37-38,43H,23-26H2,1H3,(H2,41,42,44)/t27-,35+,37+,38+/m1/s1. The Morgan fingerprint density at radius 1 is 0.745 bits per heavy atom. The maximum Gasteiger partial charge on any atom is 0.315 e. The summed E-state index contributed by atoms with van der Waals surface area (Å²) < 4.78 is 13.4. The molecule has 0 radical (unpaired) electrons. The van der Waals surface area contributed by atoms with Gasteiger partial charge in [0.2, 0.25) is 0 Å². The minimum atomic E-state index is -0.568. The first-order valence-corrected chi connectivity index (χ1v) is 16.8. The number of ether oxygens (including phenoxy) is 2. The van der Waals surface area contributed by atoms with Crippen LogP contribution in [0.2, 0.25) is 0 Å². The Balaban J connectivity index is 1.17. The topological polar surface area (TPSA) is 92.7 Å². The first-order valence-electron chi connectivity index (χ1n) is 15.8. The number of hydrogen-bond donors (Lipinski definition) is 3. The fourth-order valence-corrected chi connectivity index (χ4v) is 6.69. The van der Waals surface area contributed by atoms with E-state index in [9.17, 15) is 9.90 Å². The molecule has 1 aliphatic rings. The third-order valence-electron chi connectivity index (χ3n) is 8.32. The maximum atomic E-state index is 12.4. The number of nitrogens with zero attached hydrogens (tertiary/aromatic N) is 1. The second-order valence-corrected chi connectivity index (χ2v) is 12.7. The molecule has 0 bridgehead atoms. The highest BCUT2D eigenvalue weighted by Gasteiger charge is 2.38. The lowest BCUT2D eigenvalue weighted by Crippen LogP contribution is -2.38. The van der Waals surface area contributed by atoms with Crippen LogP contribution in [0.4, 0.5) is 4.79 Å². The molecular formula is C39H39N3O4S. The maximum absolute atomic E-state index is 12.4. The number of carbonyl (C=O) groups excluding carboxylic acids is 1. The normalized spacial score (nSPS) is 19.2. The second kappa shape index (κ2) is 15.9. The van der Waals surface area contributed by atoms with Crippen molar-refractivity contribution < 1.29 is 19.4 Å². The predicted molar refractivity (Wildman–Crippen MR) is 185 cm³/mol. The van der Waals surface area contributed by atoms with Gasteiger partial charge in [0.1, 0.15) is 0 Å². The number of aliphatic hydroxyl groups is 1. The van der Waals surface area contributed by atoms with Crippen molar-refractivity contribution in [1.82, 2.24) is 15.6 Å². The van der Waals surface area contributed by atoms with Crippen molar-refractivity contribution in [2.75, 3.05) is 5.75 Å². The zero-order chi connectivity index (χ0) is 32.4. The van der Waals surface area contributed by atoms with E-state index < -0.39 is 6.29 Å². The Morgan fingerprint density at radius 2 is 1.45 bits per heavy atom. The van der Waals surface area contributed by atoms with Gasteiger partial charge in [-0.3, -0.25) is 0 Å². The van der Waals surface area contributed by atoms with Crippen LogP contribution in [0.1, 0.15) is 47.1 Å². The Hall–Kier alpha value is -4.47. The Kier molecular flexibility index (Phi) is 11.0. The fraction of sp³-hybridized carbons (Fsp3) is 0.231. The van der Waals surface area contributed by atoms with Gasteiger partial charge in [0.05, 0.1) is 23.8 Å². The molecule has 8 heteroatoms. The molecule has 4 atom stereocenters. The molecule has 5 aromatic rings. The number of amides is 2. The second-order valence-electron chi connectivity index (χ2n) is 11.6. The van der Waals surface area contributed by atoms with Crippen LogP contribution in [-0.4, -0.2) is 28.0 Å². The van der Waals surface area contributed by atoms with Gasteiger partial charge in [-0.2, -0.15) is 0 Å². The lowest BCUT2D eigenvalue weighted by molar-refractivity contribution is -0.268. The van der Waals surface area contributed by atoms with E-state index in [4.69, 9.17) is 9.47 Å². The third kappa shape index (κ3) is 8.67. The van der Waals surface area contributed by atoms with Crippen LogP contribution in [-0.2, 0) is 29.2 Å². The summed E-state index contributed by atoms with van der Waals surface area (Å²) in [6.45, 7) is 3.05. The van der Waals surface area contributed by atoms with Crippen LogP contribution in [0.25, 0.3) is 11.1 Å². The van der Waals surface area contributed by atoms with Gasteiger partial charge in [-0.25, -0.2) is 9.78 Å². The summed E-state index contributed by atoms with van der Waals surface area (Å²) in [5, 5.41) is 16.4. The zero-order valence-electron chi connectivity index (χ0n) is 26.3. The molecule has 3 N–H and O–H groups in total. The quantitative estimate of drug-likeness (QED) is 0.127. The van der Waals surface area contributed by atoms with Crippen molar-refractivity contribution >= 4 is 17.8 Å². The van der Waals surface area contributed by atoms with Crippen molar-refractivity contribution in [3.63, 3.8) is 0 Å². The Morgan fingerprint density at radius 3 is 2.19 bits per heavy atom. The monoisotopic (exact) mass is 645 g/mol. The summed E-state index contributed by atoms with van der Waals surface area (Å²) in [5.41, 5.74) is 6.98. The molecular weight excluding hydrogens is 607 g/mol. The van der Waals surface area contributed by atoms with Gasteiger partial charge in [-0.05, 0) is 57.6 Å². The molecule has 240 valence electrons. The smallest absolute Gasteiger partial charge is 0.315 e. The number of pyridine rings is 1. The molecule has 1 fully saturated rings. The van der Waals surface area contributed by atoms with Gasteiger partial charge in [0, 0.05) is 36.5 Å². The van der Waals surface area contributed by atoms with Crippen molar-refractivity contribution in [3.8, 4) is 11.1 Å². The molecule has 1 aromatic heterocycles. The van der Waals surface area contributed by atoms with Gasteiger partial charge >= 0.3 is 6.03 Å². The summed E-state index contributed by atoms with van der Waals surface area (Å²) in [6.07, 6.45) is 0.958. The van der Waals surface area contributed by atoms with Gasteiger partial charge in [-0.1, -0.05) is 104 Å². The molecule has 47 heavy (non-hydrogen) atoms. The molecule has 2 amide bonds. The van der Waals surface area contributed by atoms with E-state index in [1.54, 1.807) is 11.8 Å². The number of aliphatic hydroxyl groups excluding tert-OH is 1. The minimum Gasteiger partial charge on any atom is -0.392 e. The number of urea groups is 1. The van der Waals surface area contributed by atoms with Gasteiger partial charge in [0.25, 0.3) is 0 Å². The van der Waals surface area contributed by atoms with Gasteiger partial charge < -0.3 is 25.2 Å². The number of rotatable bonds is 11. The van der Waals surface area contributed by atoms with Crippen LogP contribution in [0.5, 0.6) is 0 Å². The Bertz CT molecular complexity index is 1740. The van der Waals surface area contributed by atoms with Crippen LogP contribution < -0.4 is 10.6 Å². The lowest BCUT2D eigenvalue weighted by atomic mass is 9.91. The average Bonchev–Trinajstić information content (AvgIpc) is 3.14. The van der Waals surface area contributed by atoms with E-state index in [1.807, 2.05) is 103 Å². The molecule has 0 unspecified atom stereocenters. The largest absolute Gasteiger partial charge is 0.392 e. The summed E-state index contributed by atoms with van der Waals surface area (Å²) in [6, 6.07) is 40.0. The average molecular weight is 646 g/mol.